The van der Waals surface area contributed by atoms with Crippen molar-refractivity contribution in [1.29, 1.82) is 0 Å². The van der Waals surface area contributed by atoms with Gasteiger partial charge in [0.2, 0.25) is 0 Å². The average molecular weight is 236 g/mol. The van der Waals surface area contributed by atoms with Crippen LogP contribution in [0.5, 0.6) is 0 Å². The predicted molar refractivity (Wildman–Crippen MR) is 58.9 cm³/mol. The lowest BCUT2D eigenvalue weighted by molar-refractivity contribution is 0.628. The summed E-state index contributed by atoms with van der Waals surface area (Å²) in [4.78, 5) is 4.31. The molecule has 1 unspecified atom stereocenters. The van der Waals surface area contributed by atoms with Crippen molar-refractivity contribution in [1.82, 2.24) is 9.55 Å². The summed E-state index contributed by atoms with van der Waals surface area (Å²) in [6.07, 6.45) is 1.87. The van der Waals surface area contributed by atoms with Gasteiger partial charge >= 0.3 is 0 Å². The Bertz CT molecular complexity index is 562. The normalized spacial score (nSPS) is 18.7. The zero-order valence-electron chi connectivity index (χ0n) is 8.39. The van der Waals surface area contributed by atoms with Crippen molar-refractivity contribution in [2.75, 3.05) is 5.75 Å². The lowest BCUT2D eigenvalue weighted by Gasteiger charge is -1.95. The standard InChI is InChI=1S/C11H9FN2OS/c12-9-3-1-8(2-4-9)10-7-14-5-6-16(15)11(14)13-10/h1-4,7H,5-6H2. The van der Waals surface area contributed by atoms with E-state index in [1.165, 1.54) is 12.1 Å². The number of hydrogen-bond acceptors (Lipinski definition) is 2. The van der Waals surface area contributed by atoms with Crippen LogP contribution in [0.3, 0.4) is 0 Å². The first kappa shape index (κ1) is 9.72. The molecule has 1 aliphatic rings. The Kier molecular flexibility index (Phi) is 2.14. The fourth-order valence-electron chi connectivity index (χ4n) is 1.77. The second-order valence-electron chi connectivity index (χ2n) is 3.66. The molecule has 0 radical (unpaired) electrons. The number of benzene rings is 1. The van der Waals surface area contributed by atoms with E-state index in [-0.39, 0.29) is 5.82 Å². The molecule has 2 heterocycles. The van der Waals surface area contributed by atoms with Crippen LogP contribution in [0.25, 0.3) is 11.3 Å². The van der Waals surface area contributed by atoms with Crippen LogP contribution in [0.1, 0.15) is 0 Å². The molecule has 1 aromatic carbocycles. The van der Waals surface area contributed by atoms with Gasteiger partial charge in [0.1, 0.15) is 5.82 Å². The first-order valence-corrected chi connectivity index (χ1v) is 6.27. The average Bonchev–Trinajstić information content (AvgIpc) is 2.83. The molecule has 0 N–H and O–H groups in total. The van der Waals surface area contributed by atoms with Crippen molar-refractivity contribution in [3.63, 3.8) is 0 Å². The number of hydrogen-bond donors (Lipinski definition) is 0. The number of halogens is 1. The maximum Gasteiger partial charge on any atom is 0.199 e. The van der Waals surface area contributed by atoms with Crippen LogP contribution in [-0.2, 0) is 17.3 Å². The minimum atomic E-state index is -0.977. The molecule has 16 heavy (non-hydrogen) atoms. The topological polar surface area (TPSA) is 34.9 Å². The van der Waals surface area contributed by atoms with Gasteiger partial charge in [-0.15, -0.1) is 0 Å². The Morgan fingerprint density at radius 3 is 2.75 bits per heavy atom. The number of aryl methyl sites for hydroxylation is 1. The lowest BCUT2D eigenvalue weighted by Crippen LogP contribution is -1.91. The fourth-order valence-corrected chi connectivity index (χ4v) is 2.92. The molecule has 5 heteroatoms. The highest BCUT2D eigenvalue weighted by Crippen LogP contribution is 2.23. The molecule has 1 atom stereocenters. The summed E-state index contributed by atoms with van der Waals surface area (Å²) in [6, 6.07) is 6.15. The van der Waals surface area contributed by atoms with Crippen LogP contribution in [0.15, 0.2) is 35.6 Å². The SMILES string of the molecule is O=S1CCn2cc(-c3ccc(F)cc3)nc21. The predicted octanol–water partition coefficient (Wildman–Crippen LogP) is 1.81. The fraction of sp³-hybridized carbons (Fsp3) is 0.182. The lowest BCUT2D eigenvalue weighted by atomic mass is 10.2. The van der Waals surface area contributed by atoms with E-state index in [4.69, 9.17) is 0 Å². The maximum atomic E-state index is 12.8. The van der Waals surface area contributed by atoms with Gasteiger partial charge in [0.15, 0.2) is 5.16 Å². The zero-order chi connectivity index (χ0) is 11.1. The summed E-state index contributed by atoms with van der Waals surface area (Å²) in [5, 5.41) is 0.624. The molecular formula is C11H9FN2OS. The van der Waals surface area contributed by atoms with E-state index < -0.39 is 10.8 Å². The molecule has 2 aromatic rings. The van der Waals surface area contributed by atoms with Gasteiger partial charge in [0.25, 0.3) is 0 Å². The Hall–Kier alpha value is -1.49. The molecule has 1 aromatic heterocycles. The second-order valence-corrected chi connectivity index (χ2v) is 5.12. The molecule has 0 fully saturated rings. The molecular weight excluding hydrogens is 227 g/mol. The highest BCUT2D eigenvalue weighted by molar-refractivity contribution is 7.85. The molecule has 3 nitrogen and oxygen atoms in total. The van der Waals surface area contributed by atoms with E-state index in [1.54, 1.807) is 12.1 Å². The van der Waals surface area contributed by atoms with Crippen molar-refractivity contribution in [3.05, 3.63) is 36.3 Å². The van der Waals surface area contributed by atoms with Gasteiger partial charge in [-0.1, -0.05) is 0 Å². The molecule has 0 amide bonds. The Labute approximate surface area is 94.4 Å². The van der Waals surface area contributed by atoms with Gasteiger partial charge in [0, 0.05) is 24.1 Å². The molecule has 1 aliphatic heterocycles. The van der Waals surface area contributed by atoms with Crippen molar-refractivity contribution < 1.29 is 8.60 Å². The van der Waals surface area contributed by atoms with Crippen molar-refractivity contribution >= 4 is 10.8 Å². The zero-order valence-corrected chi connectivity index (χ0v) is 9.21. The summed E-state index contributed by atoms with van der Waals surface area (Å²) in [6.45, 7) is 0.746. The van der Waals surface area contributed by atoms with Gasteiger partial charge < -0.3 is 4.57 Å². The summed E-state index contributed by atoms with van der Waals surface area (Å²) in [7, 11) is -0.977. The van der Waals surface area contributed by atoms with Crippen molar-refractivity contribution in [2.45, 2.75) is 11.7 Å². The molecule has 0 saturated carbocycles. The van der Waals surface area contributed by atoms with Crippen LogP contribution in [0.2, 0.25) is 0 Å². The number of aromatic nitrogens is 2. The summed E-state index contributed by atoms with van der Waals surface area (Å²) >= 11 is 0. The number of fused-ring (bicyclic) bond motifs is 1. The van der Waals surface area contributed by atoms with Gasteiger partial charge in [-0.25, -0.2) is 9.37 Å². The summed E-state index contributed by atoms with van der Waals surface area (Å²) in [5.74, 6) is 0.380. The first-order chi connectivity index (χ1) is 7.74. The van der Waals surface area contributed by atoms with E-state index in [9.17, 15) is 8.60 Å². The van der Waals surface area contributed by atoms with Gasteiger partial charge in [-0.2, -0.15) is 0 Å². The van der Waals surface area contributed by atoms with Crippen molar-refractivity contribution in [3.8, 4) is 11.3 Å². The third kappa shape index (κ3) is 1.48. The third-order valence-corrected chi connectivity index (χ3v) is 3.89. The van der Waals surface area contributed by atoms with E-state index >= 15 is 0 Å². The van der Waals surface area contributed by atoms with Crippen LogP contribution < -0.4 is 0 Å². The first-order valence-electron chi connectivity index (χ1n) is 4.95. The van der Waals surface area contributed by atoms with Crippen LogP contribution >= 0.6 is 0 Å². The van der Waals surface area contributed by atoms with Gasteiger partial charge in [-0.3, -0.25) is 4.21 Å². The van der Waals surface area contributed by atoms with E-state index in [2.05, 4.69) is 4.98 Å². The molecule has 3 rings (SSSR count). The number of nitrogens with zero attached hydrogens (tertiary/aromatic N) is 2. The monoisotopic (exact) mass is 236 g/mol. The largest absolute Gasteiger partial charge is 0.322 e. The molecule has 82 valence electrons. The second kappa shape index (κ2) is 3.52. The number of imidazole rings is 1. The quantitative estimate of drug-likeness (QED) is 0.757. The minimum Gasteiger partial charge on any atom is -0.322 e. The molecule has 0 saturated heterocycles. The van der Waals surface area contributed by atoms with E-state index in [1.807, 2.05) is 10.8 Å². The van der Waals surface area contributed by atoms with E-state index in [0.717, 1.165) is 17.8 Å². The van der Waals surface area contributed by atoms with Gasteiger partial charge in [0.05, 0.1) is 16.5 Å². The maximum absolute atomic E-state index is 12.8. The number of rotatable bonds is 1. The van der Waals surface area contributed by atoms with Crippen LogP contribution in [-0.4, -0.2) is 19.5 Å². The van der Waals surface area contributed by atoms with Crippen LogP contribution in [0, 0.1) is 5.82 Å². The molecule has 0 aliphatic carbocycles. The van der Waals surface area contributed by atoms with E-state index in [0.29, 0.717) is 10.9 Å². The highest BCUT2D eigenvalue weighted by atomic mass is 32.2. The molecule has 0 bridgehead atoms. The van der Waals surface area contributed by atoms with Gasteiger partial charge in [-0.05, 0) is 24.3 Å². The minimum absolute atomic E-state index is 0.265. The third-order valence-electron chi connectivity index (χ3n) is 2.60. The Balaban J connectivity index is 2.05. The van der Waals surface area contributed by atoms with Crippen LogP contribution in [0.4, 0.5) is 4.39 Å². The van der Waals surface area contributed by atoms with Crippen molar-refractivity contribution in [2.24, 2.45) is 0 Å². The summed E-state index contributed by atoms with van der Waals surface area (Å²) in [5.41, 5.74) is 1.60. The highest BCUT2D eigenvalue weighted by Gasteiger charge is 2.21. The summed E-state index contributed by atoms with van der Waals surface area (Å²) < 4.78 is 26.2. The Morgan fingerprint density at radius 1 is 1.31 bits per heavy atom. The Morgan fingerprint density at radius 2 is 2.06 bits per heavy atom. The molecule has 0 spiro atoms. The smallest absolute Gasteiger partial charge is 0.199 e.